The van der Waals surface area contributed by atoms with Gasteiger partial charge in [0.25, 0.3) is 0 Å². The molecule has 24 heavy (non-hydrogen) atoms. The van der Waals surface area contributed by atoms with Gasteiger partial charge in [-0.3, -0.25) is 4.79 Å². The van der Waals surface area contributed by atoms with Gasteiger partial charge in [0.05, 0.1) is 5.41 Å². The van der Waals surface area contributed by atoms with Crippen LogP contribution in [-0.4, -0.2) is 65.7 Å². The Balaban J connectivity index is 1.44. The molecule has 3 fully saturated rings. The van der Waals surface area contributed by atoms with Crippen LogP contribution in [0.15, 0.2) is 0 Å². The molecule has 0 aromatic heterocycles. The van der Waals surface area contributed by atoms with E-state index >= 15 is 0 Å². The summed E-state index contributed by atoms with van der Waals surface area (Å²) in [6, 6.07) is 0.407. The lowest BCUT2D eigenvalue weighted by molar-refractivity contribution is -0.149. The normalized spacial score (nSPS) is 31.7. The number of rotatable bonds is 5. The molecule has 0 aromatic rings. The van der Waals surface area contributed by atoms with Gasteiger partial charge in [-0.2, -0.15) is 0 Å². The number of aliphatic carboxylic acids is 1. The quantitative estimate of drug-likeness (QED) is 0.806. The molecule has 3 aliphatic rings. The highest BCUT2D eigenvalue weighted by Crippen LogP contribution is 2.48. The molecule has 6 heteroatoms. The van der Waals surface area contributed by atoms with Crippen molar-refractivity contribution >= 4 is 12.0 Å². The Hall–Kier alpha value is -1.30. The molecule has 3 rings (SSSR count). The van der Waals surface area contributed by atoms with Crippen LogP contribution >= 0.6 is 0 Å². The molecular weight excluding hydrogens is 306 g/mol. The van der Waals surface area contributed by atoms with Crippen LogP contribution in [0.25, 0.3) is 0 Å². The Bertz CT molecular complexity index is 478. The van der Waals surface area contributed by atoms with Gasteiger partial charge in [0, 0.05) is 25.7 Å². The molecule has 1 saturated carbocycles. The van der Waals surface area contributed by atoms with E-state index in [-0.39, 0.29) is 11.9 Å². The van der Waals surface area contributed by atoms with Crippen LogP contribution in [-0.2, 0) is 4.79 Å². The van der Waals surface area contributed by atoms with Crippen LogP contribution in [0.4, 0.5) is 4.79 Å². The Labute approximate surface area is 144 Å². The standard InChI is InChI=1S/C18H31N3O3/c1-14(20-10-3-2-4-11-20)7-9-19-17(24)21-12-15-6-5-8-18(15,13-21)16(22)23/h14-15H,2-13H2,1H3,(H,19,24)(H,22,23)/t14?,15-,18+/m0/s1. The van der Waals surface area contributed by atoms with E-state index in [1.54, 1.807) is 4.90 Å². The number of carboxylic acids is 1. The minimum Gasteiger partial charge on any atom is -0.481 e. The van der Waals surface area contributed by atoms with Crippen LogP contribution in [0.1, 0.15) is 51.9 Å². The lowest BCUT2D eigenvalue weighted by atomic mass is 9.81. The van der Waals surface area contributed by atoms with Gasteiger partial charge in [-0.1, -0.05) is 12.8 Å². The Morgan fingerprint density at radius 2 is 2.00 bits per heavy atom. The number of urea groups is 1. The summed E-state index contributed by atoms with van der Waals surface area (Å²) in [5.74, 6) is -0.591. The van der Waals surface area contributed by atoms with Crippen molar-refractivity contribution in [2.45, 2.75) is 57.9 Å². The van der Waals surface area contributed by atoms with E-state index < -0.39 is 11.4 Å². The van der Waals surface area contributed by atoms with Crippen LogP contribution in [0.5, 0.6) is 0 Å². The Morgan fingerprint density at radius 3 is 2.67 bits per heavy atom. The summed E-state index contributed by atoms with van der Waals surface area (Å²) in [6.07, 6.45) is 7.46. The monoisotopic (exact) mass is 337 g/mol. The largest absolute Gasteiger partial charge is 0.481 e. The zero-order valence-corrected chi connectivity index (χ0v) is 14.8. The first-order valence-electron chi connectivity index (χ1n) is 9.53. The van der Waals surface area contributed by atoms with E-state index in [2.05, 4.69) is 17.1 Å². The lowest BCUT2D eigenvalue weighted by Crippen LogP contribution is -2.44. The van der Waals surface area contributed by atoms with E-state index in [0.717, 1.165) is 19.3 Å². The van der Waals surface area contributed by atoms with Crippen LogP contribution < -0.4 is 5.32 Å². The molecule has 2 N–H and O–H groups in total. The number of carbonyl (C=O) groups excluding carboxylic acids is 1. The van der Waals surface area contributed by atoms with Gasteiger partial charge in [0.1, 0.15) is 0 Å². The first-order chi connectivity index (χ1) is 11.5. The van der Waals surface area contributed by atoms with E-state index in [0.29, 0.717) is 32.1 Å². The van der Waals surface area contributed by atoms with Crippen molar-refractivity contribution < 1.29 is 14.7 Å². The molecule has 0 radical (unpaired) electrons. The number of nitrogens with zero attached hydrogens (tertiary/aromatic N) is 2. The van der Waals surface area contributed by atoms with Gasteiger partial charge >= 0.3 is 12.0 Å². The van der Waals surface area contributed by atoms with E-state index in [9.17, 15) is 14.7 Å². The summed E-state index contributed by atoms with van der Waals surface area (Å²) in [5, 5.41) is 12.6. The van der Waals surface area contributed by atoms with Gasteiger partial charge < -0.3 is 20.2 Å². The predicted octanol–water partition coefficient (Wildman–Crippen LogP) is 2.15. The summed E-state index contributed by atoms with van der Waals surface area (Å²) in [5.41, 5.74) is -0.682. The summed E-state index contributed by atoms with van der Waals surface area (Å²) < 4.78 is 0. The average Bonchev–Trinajstić information content (AvgIpc) is 3.13. The second-order valence-electron chi connectivity index (χ2n) is 7.90. The molecule has 6 nitrogen and oxygen atoms in total. The Morgan fingerprint density at radius 1 is 1.25 bits per heavy atom. The molecule has 136 valence electrons. The number of hydrogen-bond donors (Lipinski definition) is 2. The third kappa shape index (κ3) is 3.39. The van der Waals surface area contributed by atoms with Gasteiger partial charge in [0.2, 0.25) is 0 Å². The molecule has 0 bridgehead atoms. The molecule has 0 spiro atoms. The third-order valence-corrected chi connectivity index (χ3v) is 6.44. The average molecular weight is 337 g/mol. The Kier molecular flexibility index (Phi) is 5.33. The molecule has 0 aromatic carbocycles. The molecule has 3 atom stereocenters. The molecular formula is C18H31N3O3. The van der Waals surface area contributed by atoms with Crippen molar-refractivity contribution in [2.24, 2.45) is 11.3 Å². The van der Waals surface area contributed by atoms with Crippen molar-refractivity contribution in [1.82, 2.24) is 15.1 Å². The van der Waals surface area contributed by atoms with E-state index in [1.807, 2.05) is 0 Å². The fourth-order valence-electron chi connectivity index (χ4n) is 4.84. The second kappa shape index (κ2) is 7.30. The molecule has 2 aliphatic heterocycles. The van der Waals surface area contributed by atoms with Gasteiger partial charge in [-0.25, -0.2) is 4.79 Å². The maximum Gasteiger partial charge on any atom is 0.317 e. The van der Waals surface area contributed by atoms with Crippen LogP contribution in [0, 0.1) is 11.3 Å². The van der Waals surface area contributed by atoms with Crippen molar-refractivity contribution in [3.05, 3.63) is 0 Å². The van der Waals surface area contributed by atoms with Crippen molar-refractivity contribution in [1.29, 1.82) is 0 Å². The maximum atomic E-state index is 12.4. The fraction of sp³-hybridized carbons (Fsp3) is 0.889. The molecule has 2 saturated heterocycles. The highest BCUT2D eigenvalue weighted by molar-refractivity contribution is 5.80. The second-order valence-corrected chi connectivity index (χ2v) is 7.90. The minimum absolute atomic E-state index is 0.0872. The van der Waals surface area contributed by atoms with Gasteiger partial charge in [-0.15, -0.1) is 0 Å². The molecule has 2 amide bonds. The van der Waals surface area contributed by atoms with E-state index in [4.69, 9.17) is 0 Å². The minimum atomic E-state index is -0.723. The molecule has 1 unspecified atom stereocenters. The SMILES string of the molecule is CC(CCNC(=O)N1C[C@@H]2CCC[C@@]2(C(=O)O)C1)N1CCCCC1. The number of amides is 2. The maximum absolute atomic E-state index is 12.4. The van der Waals surface area contributed by atoms with Crippen LogP contribution in [0.3, 0.4) is 0 Å². The van der Waals surface area contributed by atoms with Crippen molar-refractivity contribution in [2.75, 3.05) is 32.7 Å². The summed E-state index contributed by atoms with van der Waals surface area (Å²) in [4.78, 5) is 28.3. The smallest absolute Gasteiger partial charge is 0.317 e. The van der Waals surface area contributed by atoms with Crippen molar-refractivity contribution in [3.63, 3.8) is 0 Å². The van der Waals surface area contributed by atoms with E-state index in [1.165, 1.54) is 32.4 Å². The molecule has 2 heterocycles. The topological polar surface area (TPSA) is 72.9 Å². The van der Waals surface area contributed by atoms with Gasteiger partial charge in [-0.05, 0) is 58.0 Å². The first-order valence-corrected chi connectivity index (χ1v) is 9.53. The van der Waals surface area contributed by atoms with Gasteiger partial charge in [0.15, 0.2) is 0 Å². The number of fused-ring (bicyclic) bond motifs is 1. The highest BCUT2D eigenvalue weighted by atomic mass is 16.4. The first kappa shape index (κ1) is 17.5. The van der Waals surface area contributed by atoms with Crippen molar-refractivity contribution in [3.8, 4) is 0 Å². The highest BCUT2D eigenvalue weighted by Gasteiger charge is 2.55. The number of carbonyl (C=O) groups is 2. The number of carboxylic acid groups (broad SMARTS) is 1. The summed E-state index contributed by atoms with van der Waals surface area (Å²) in [6.45, 7) is 6.21. The fourth-order valence-corrected chi connectivity index (χ4v) is 4.84. The zero-order chi connectivity index (χ0) is 17.2. The number of piperidine rings is 1. The lowest BCUT2D eigenvalue weighted by Gasteiger charge is -2.32. The number of likely N-dealkylation sites (tertiary alicyclic amines) is 2. The molecule has 1 aliphatic carbocycles. The zero-order valence-electron chi connectivity index (χ0n) is 14.8. The predicted molar refractivity (Wildman–Crippen MR) is 91.9 cm³/mol. The number of hydrogen-bond acceptors (Lipinski definition) is 3. The summed E-state index contributed by atoms with van der Waals surface area (Å²) in [7, 11) is 0. The summed E-state index contributed by atoms with van der Waals surface area (Å²) >= 11 is 0. The van der Waals surface area contributed by atoms with Crippen LogP contribution in [0.2, 0.25) is 0 Å². The third-order valence-electron chi connectivity index (χ3n) is 6.44. The number of nitrogens with one attached hydrogen (secondary N) is 1.